The highest BCUT2D eigenvalue weighted by molar-refractivity contribution is 6.14. The molecular weight excluding hydrogens is 1840 g/mol. The second-order valence-electron chi connectivity index (χ2n) is 37.3. The number of para-hydroxylation sites is 12. The number of benzene rings is 19. The Bertz CT molecular complexity index is 10200. The van der Waals surface area contributed by atoms with E-state index in [2.05, 4.69) is 330 Å². The molecule has 700 valence electrons. The fraction of sp³-hybridized carbons (Fsp3) is 0. The Kier molecular flexibility index (Phi) is 20.4. The molecule has 0 atom stereocenters. The van der Waals surface area contributed by atoms with Gasteiger partial charge in [-0.05, 0) is 132 Å². The summed E-state index contributed by atoms with van der Waals surface area (Å²) >= 11 is 0. The van der Waals surface area contributed by atoms with Crippen molar-refractivity contribution in [2.45, 2.75) is 0 Å². The molecule has 31 rings (SSSR count). The van der Waals surface area contributed by atoms with Crippen LogP contribution in [0.3, 0.4) is 0 Å². The normalized spacial score (nSPS) is 11.7. The van der Waals surface area contributed by atoms with Gasteiger partial charge in [0, 0.05) is 98.5 Å². The molecule has 12 aromatic heterocycles. The molecular formula is C131H81N19. The van der Waals surface area contributed by atoms with Crippen LogP contribution in [0, 0.1) is 0 Å². The van der Waals surface area contributed by atoms with Crippen LogP contribution in [0.25, 0.3) is 279 Å². The summed E-state index contributed by atoms with van der Waals surface area (Å²) in [4.78, 5) is 66.5. The topological polar surface area (TPSA) is 196 Å². The molecule has 0 aliphatic heterocycles. The fourth-order valence-corrected chi connectivity index (χ4v) is 21.4. The number of imidazole rings is 3. The molecule has 19 aromatic carbocycles. The number of hydrogen-bond acceptors (Lipinski definition) is 13. The van der Waals surface area contributed by atoms with Gasteiger partial charge in [0.2, 0.25) is 17.8 Å². The van der Waals surface area contributed by atoms with Gasteiger partial charge in [-0.15, -0.1) is 0 Å². The zero-order valence-corrected chi connectivity index (χ0v) is 80.3. The summed E-state index contributed by atoms with van der Waals surface area (Å²) in [5.74, 6) is 5.64. The largest absolute Gasteiger partial charge is 0.279 e. The molecule has 0 spiro atoms. The van der Waals surface area contributed by atoms with Crippen LogP contribution < -0.4 is 0 Å². The third-order valence-electron chi connectivity index (χ3n) is 28.4. The maximum absolute atomic E-state index is 5.34. The van der Waals surface area contributed by atoms with Gasteiger partial charge in [-0.3, -0.25) is 26.9 Å². The molecule has 0 aliphatic rings. The quantitative estimate of drug-likeness (QED) is 0.106. The lowest BCUT2D eigenvalue weighted by molar-refractivity contribution is 0.979. The van der Waals surface area contributed by atoms with Gasteiger partial charge >= 0.3 is 0 Å². The first-order valence-electron chi connectivity index (χ1n) is 49.9. The molecule has 150 heavy (non-hydrogen) atoms. The van der Waals surface area contributed by atoms with Gasteiger partial charge in [-0.1, -0.05) is 370 Å². The number of hydrogen-bond donors (Lipinski definition) is 0. The van der Waals surface area contributed by atoms with E-state index >= 15 is 0 Å². The molecule has 0 amide bonds. The number of nitrogens with zero attached hydrogens (tertiary/aromatic N) is 19. The first kappa shape index (κ1) is 85.9. The molecule has 31 aromatic rings. The van der Waals surface area contributed by atoms with Crippen molar-refractivity contribution in [3.8, 4) is 131 Å². The monoisotopic (exact) mass is 1920 g/mol. The van der Waals surface area contributed by atoms with Crippen LogP contribution in [0.1, 0.15) is 0 Å². The van der Waals surface area contributed by atoms with Crippen LogP contribution in [-0.2, 0) is 0 Å². The second kappa shape index (κ2) is 35.6. The Morgan fingerprint density at radius 1 is 0.120 bits per heavy atom. The highest BCUT2D eigenvalue weighted by atomic mass is 15.3. The molecule has 0 aliphatic carbocycles. The van der Waals surface area contributed by atoms with Crippen LogP contribution in [-0.4, -0.2) is 91.7 Å². The second-order valence-corrected chi connectivity index (χ2v) is 37.3. The van der Waals surface area contributed by atoms with Gasteiger partial charge in [-0.25, -0.2) is 64.8 Å². The lowest BCUT2D eigenvalue weighted by Gasteiger charge is -2.13. The van der Waals surface area contributed by atoms with Gasteiger partial charge in [0.25, 0.3) is 0 Å². The van der Waals surface area contributed by atoms with Crippen LogP contribution in [0.5, 0.6) is 0 Å². The average molecular weight is 1920 g/mol. The lowest BCUT2D eigenvalue weighted by atomic mass is 10.0. The molecule has 0 bridgehead atoms. The Balaban J connectivity index is 0.000000106. The standard InChI is InChI=1S/C47H29N7.2C42H26N6/c1-3-13-31(14-4-1)43-50-44(32-15-5-2-6-16-32)52-45(51-43)33-25-23-30(24-26-33)34-27-28-36-35-17-8-11-21-40(35)53(42(36)29-34)47-49-38-19-9-7-18-37(38)46-48-39-20-10-12-22-41(39)54(46)47;1-3-13-27(14-4-1)35-26-36(44-40(43-35)28-15-5-2-6-16-28)29-23-24-31-30-17-8-11-21-37(30)47(39(31)25-29)42-46-33-19-9-7-18-32(33)41-45-34-20-10-12-22-38(34)48(41)42;1-3-13-27(14-4-1)35-26-36(28-15-5-2-6-16-28)44-40(43-35)29-23-24-31-30-17-8-11-21-37(30)47(39(31)25-29)42-46-33-19-9-7-18-32(33)41-45-34-20-10-12-22-38(34)48(41)42/h1-29H;2*1-26H. The van der Waals surface area contributed by atoms with Crippen molar-refractivity contribution in [1.29, 1.82) is 0 Å². The van der Waals surface area contributed by atoms with Crippen molar-refractivity contribution < 1.29 is 0 Å². The predicted octanol–water partition coefficient (Wildman–Crippen LogP) is 30.8. The summed E-state index contributed by atoms with van der Waals surface area (Å²) in [6.07, 6.45) is 0. The minimum Gasteiger partial charge on any atom is -0.279 e. The highest BCUT2D eigenvalue weighted by Crippen LogP contribution is 2.44. The summed E-state index contributed by atoms with van der Waals surface area (Å²) in [6.45, 7) is 0. The maximum atomic E-state index is 5.34. The van der Waals surface area contributed by atoms with Crippen molar-refractivity contribution in [3.63, 3.8) is 0 Å². The van der Waals surface area contributed by atoms with Gasteiger partial charge in [0.15, 0.2) is 29.1 Å². The van der Waals surface area contributed by atoms with Gasteiger partial charge in [-0.2, -0.15) is 0 Å². The molecule has 0 saturated carbocycles. The smallest absolute Gasteiger partial charge is 0.221 e. The number of aromatic nitrogens is 19. The molecule has 19 heteroatoms. The summed E-state index contributed by atoms with van der Waals surface area (Å²) in [5.41, 5.74) is 32.0. The molecule has 0 radical (unpaired) electrons. The van der Waals surface area contributed by atoms with Crippen LogP contribution >= 0.6 is 0 Å². The number of rotatable bonds is 13. The van der Waals surface area contributed by atoms with E-state index < -0.39 is 0 Å². The van der Waals surface area contributed by atoms with Crippen molar-refractivity contribution in [2.75, 3.05) is 0 Å². The van der Waals surface area contributed by atoms with Crippen molar-refractivity contribution in [1.82, 2.24) is 91.7 Å². The van der Waals surface area contributed by atoms with Gasteiger partial charge in [0.1, 0.15) is 16.9 Å². The third-order valence-corrected chi connectivity index (χ3v) is 28.4. The Morgan fingerprint density at radius 3 is 0.680 bits per heavy atom. The fourth-order valence-electron chi connectivity index (χ4n) is 21.4. The van der Waals surface area contributed by atoms with E-state index in [1.165, 1.54) is 5.39 Å². The number of fused-ring (bicyclic) bond motifs is 24. The minimum absolute atomic E-state index is 0.629. The van der Waals surface area contributed by atoms with Crippen molar-refractivity contribution in [2.24, 2.45) is 0 Å². The predicted molar refractivity (Wildman–Crippen MR) is 606 cm³/mol. The zero-order chi connectivity index (χ0) is 98.8. The average Bonchev–Trinajstić information content (AvgIpc) is 1.56. The summed E-state index contributed by atoms with van der Waals surface area (Å²) < 4.78 is 13.4. The van der Waals surface area contributed by atoms with Crippen LogP contribution in [0.4, 0.5) is 0 Å². The van der Waals surface area contributed by atoms with Crippen molar-refractivity contribution in [3.05, 3.63) is 491 Å². The van der Waals surface area contributed by atoms with E-state index in [0.29, 0.717) is 29.1 Å². The Morgan fingerprint density at radius 2 is 0.340 bits per heavy atom. The van der Waals surface area contributed by atoms with E-state index in [-0.39, 0.29) is 0 Å². The molecule has 0 N–H and O–H groups in total. The maximum Gasteiger partial charge on any atom is 0.221 e. The lowest BCUT2D eigenvalue weighted by Crippen LogP contribution is -2.06. The molecule has 0 fully saturated rings. The Labute approximate surface area is 856 Å². The first-order valence-corrected chi connectivity index (χ1v) is 49.9. The van der Waals surface area contributed by atoms with Crippen LogP contribution in [0.15, 0.2) is 491 Å². The van der Waals surface area contributed by atoms with E-state index in [4.69, 9.17) is 64.8 Å². The molecule has 0 saturated heterocycles. The molecule has 12 heterocycles. The van der Waals surface area contributed by atoms with E-state index in [9.17, 15) is 0 Å². The van der Waals surface area contributed by atoms with E-state index in [1.807, 2.05) is 188 Å². The zero-order valence-electron chi connectivity index (χ0n) is 80.3. The minimum atomic E-state index is 0.629. The van der Waals surface area contributed by atoms with Crippen molar-refractivity contribution >= 4 is 148 Å². The Hall–Kier alpha value is -20.8. The first-order chi connectivity index (χ1) is 74.4. The summed E-state index contributed by atoms with van der Waals surface area (Å²) in [6, 6.07) is 169. The summed E-state index contributed by atoms with van der Waals surface area (Å²) in [5, 5.41) is 9.95. The van der Waals surface area contributed by atoms with Gasteiger partial charge in [0.05, 0.1) is 106 Å². The highest BCUT2D eigenvalue weighted by Gasteiger charge is 2.28. The third kappa shape index (κ3) is 14.7. The van der Waals surface area contributed by atoms with E-state index in [0.717, 1.165) is 245 Å². The molecule has 0 unspecified atom stereocenters. The SMILES string of the molecule is c1ccc(-c2cc(-c3ccc4c5ccccc5n(-c5nc6ccccc6c6nc7ccccc7n56)c4c3)nc(-c3ccccc3)n2)cc1.c1ccc(-c2cc(-c3ccccc3)nc(-c3ccc4c5ccccc5n(-c5nc6ccccc6c6nc7ccccc7n56)c4c3)n2)cc1.c1ccc(-c2nc(-c3ccccc3)nc(-c3ccc(-c4ccc5c6ccccc6n(-c6nc7ccccc7c7nc8ccccc8n67)c5c4)cc3)n2)cc1. The summed E-state index contributed by atoms with van der Waals surface area (Å²) in [7, 11) is 0. The molecule has 19 nitrogen and oxygen atoms in total. The van der Waals surface area contributed by atoms with E-state index in [1.54, 1.807) is 0 Å². The van der Waals surface area contributed by atoms with Crippen LogP contribution in [0.2, 0.25) is 0 Å². The van der Waals surface area contributed by atoms with Gasteiger partial charge < -0.3 is 0 Å².